The number of aromatic nitrogens is 2. The zero-order valence-electron chi connectivity index (χ0n) is 9.57. The van der Waals surface area contributed by atoms with Gasteiger partial charge in [-0.1, -0.05) is 0 Å². The topological polar surface area (TPSA) is 30.4 Å². The van der Waals surface area contributed by atoms with Gasteiger partial charge in [0.2, 0.25) is 0 Å². The third-order valence-corrected chi connectivity index (χ3v) is 3.30. The smallest absolute Gasteiger partial charge is 0.154 e. The van der Waals surface area contributed by atoms with Crippen molar-refractivity contribution in [2.45, 2.75) is 13.8 Å². The summed E-state index contributed by atoms with van der Waals surface area (Å²) in [6, 6.07) is 5.87. The van der Waals surface area contributed by atoms with Crippen molar-refractivity contribution in [3.63, 3.8) is 0 Å². The van der Waals surface area contributed by atoms with Crippen molar-refractivity contribution in [2.24, 2.45) is 0 Å². The van der Waals surface area contributed by atoms with E-state index in [1.54, 1.807) is 6.26 Å². The van der Waals surface area contributed by atoms with E-state index in [1.807, 2.05) is 25.3 Å². The van der Waals surface area contributed by atoms with E-state index in [4.69, 9.17) is 4.42 Å². The summed E-state index contributed by atoms with van der Waals surface area (Å²) in [5.74, 6) is 0.807. The van der Waals surface area contributed by atoms with Gasteiger partial charge in [0.15, 0.2) is 5.76 Å². The van der Waals surface area contributed by atoms with E-state index in [0.717, 1.165) is 32.8 Å². The first-order valence-electron chi connectivity index (χ1n) is 5.35. The molecule has 3 nitrogen and oxygen atoms in total. The van der Waals surface area contributed by atoms with Crippen molar-refractivity contribution in [3.05, 3.63) is 46.4 Å². The fraction of sp³-hybridized carbons (Fsp3) is 0.154. The third-order valence-electron chi connectivity index (χ3n) is 2.86. The highest BCUT2D eigenvalue weighted by Gasteiger charge is 2.14. The Morgan fingerprint density at radius 3 is 2.88 bits per heavy atom. The second kappa shape index (κ2) is 3.74. The molecule has 3 rings (SSSR count). The number of hydrogen-bond acceptors (Lipinski definition) is 2. The minimum absolute atomic E-state index is 0.807. The van der Waals surface area contributed by atoms with Gasteiger partial charge in [-0.25, -0.2) is 4.98 Å². The predicted molar refractivity (Wildman–Crippen MR) is 70.1 cm³/mol. The molecular formula is C13H11BrN2O. The maximum absolute atomic E-state index is 5.41. The van der Waals surface area contributed by atoms with Crippen LogP contribution in [0.2, 0.25) is 0 Å². The molecule has 0 amide bonds. The summed E-state index contributed by atoms with van der Waals surface area (Å²) in [6.07, 6.45) is 3.69. The summed E-state index contributed by atoms with van der Waals surface area (Å²) in [5, 5.41) is 0. The molecule has 0 aliphatic carbocycles. The van der Waals surface area contributed by atoms with Gasteiger partial charge < -0.3 is 8.82 Å². The monoisotopic (exact) mass is 290 g/mol. The Hall–Kier alpha value is -1.55. The van der Waals surface area contributed by atoms with Crippen molar-refractivity contribution in [3.8, 4) is 11.5 Å². The SMILES string of the molecule is Cc1cc(Br)cn2c(C)c(-c3ccco3)nc12. The Kier molecular flexibility index (Phi) is 2.33. The molecule has 0 saturated carbocycles. The van der Waals surface area contributed by atoms with Crippen molar-refractivity contribution in [2.75, 3.05) is 0 Å². The number of rotatable bonds is 1. The molecule has 0 N–H and O–H groups in total. The van der Waals surface area contributed by atoms with Crippen LogP contribution in [0.3, 0.4) is 0 Å². The summed E-state index contributed by atoms with van der Waals surface area (Å²) in [4.78, 5) is 4.64. The van der Waals surface area contributed by atoms with Gasteiger partial charge in [0, 0.05) is 10.7 Å². The van der Waals surface area contributed by atoms with Crippen LogP contribution in [0, 0.1) is 13.8 Å². The summed E-state index contributed by atoms with van der Waals surface area (Å²) in [6.45, 7) is 4.10. The number of halogens is 1. The first-order chi connectivity index (χ1) is 8.16. The number of furan rings is 1. The van der Waals surface area contributed by atoms with E-state index in [1.165, 1.54) is 0 Å². The lowest BCUT2D eigenvalue weighted by molar-refractivity contribution is 0.580. The molecule has 0 bridgehead atoms. The highest BCUT2D eigenvalue weighted by atomic mass is 79.9. The summed E-state index contributed by atoms with van der Waals surface area (Å²) < 4.78 is 8.54. The van der Waals surface area contributed by atoms with Crippen LogP contribution in [0.1, 0.15) is 11.3 Å². The van der Waals surface area contributed by atoms with Gasteiger partial charge in [-0.05, 0) is 53.5 Å². The van der Waals surface area contributed by atoms with Crippen molar-refractivity contribution in [1.82, 2.24) is 9.38 Å². The molecule has 4 heteroatoms. The van der Waals surface area contributed by atoms with Gasteiger partial charge in [0.25, 0.3) is 0 Å². The van der Waals surface area contributed by atoms with Gasteiger partial charge >= 0.3 is 0 Å². The summed E-state index contributed by atoms with van der Waals surface area (Å²) in [7, 11) is 0. The van der Waals surface area contributed by atoms with E-state index in [9.17, 15) is 0 Å². The van der Waals surface area contributed by atoms with Crippen molar-refractivity contribution >= 4 is 21.6 Å². The van der Waals surface area contributed by atoms with Gasteiger partial charge in [0.05, 0.1) is 12.0 Å². The maximum Gasteiger partial charge on any atom is 0.154 e. The van der Waals surface area contributed by atoms with Crippen molar-refractivity contribution < 1.29 is 4.42 Å². The zero-order chi connectivity index (χ0) is 12.0. The van der Waals surface area contributed by atoms with Gasteiger partial charge in [-0.3, -0.25) is 0 Å². The molecule has 0 aliphatic rings. The molecule has 0 atom stereocenters. The average molecular weight is 291 g/mol. The quantitative estimate of drug-likeness (QED) is 0.679. The first kappa shape index (κ1) is 10.6. The molecule has 17 heavy (non-hydrogen) atoms. The molecule has 0 fully saturated rings. The number of hydrogen-bond donors (Lipinski definition) is 0. The van der Waals surface area contributed by atoms with Crippen LogP contribution >= 0.6 is 15.9 Å². The number of fused-ring (bicyclic) bond motifs is 1. The first-order valence-corrected chi connectivity index (χ1v) is 6.15. The Balaban J connectivity index is 2.36. The van der Waals surface area contributed by atoms with E-state index < -0.39 is 0 Å². The van der Waals surface area contributed by atoms with Crippen molar-refractivity contribution in [1.29, 1.82) is 0 Å². The molecular weight excluding hydrogens is 280 g/mol. The van der Waals surface area contributed by atoms with Gasteiger partial charge in [-0.2, -0.15) is 0 Å². The molecule has 0 radical (unpaired) electrons. The van der Waals surface area contributed by atoms with Crippen LogP contribution in [-0.4, -0.2) is 9.38 Å². The van der Waals surface area contributed by atoms with Crippen LogP contribution in [0.15, 0.2) is 39.5 Å². The molecule has 0 unspecified atom stereocenters. The van der Waals surface area contributed by atoms with Crippen LogP contribution in [-0.2, 0) is 0 Å². The Bertz CT molecular complexity index is 683. The molecule has 0 spiro atoms. The number of pyridine rings is 1. The van der Waals surface area contributed by atoms with Crippen LogP contribution in [0.5, 0.6) is 0 Å². The lowest BCUT2D eigenvalue weighted by Crippen LogP contribution is -1.90. The predicted octanol–water partition coefficient (Wildman–Crippen LogP) is 3.97. The fourth-order valence-corrected chi connectivity index (χ4v) is 2.58. The summed E-state index contributed by atoms with van der Waals surface area (Å²) >= 11 is 3.50. The molecule has 0 aromatic carbocycles. The summed E-state index contributed by atoms with van der Waals surface area (Å²) in [5.41, 5.74) is 4.09. The normalized spacial score (nSPS) is 11.2. The largest absolute Gasteiger partial charge is 0.463 e. The average Bonchev–Trinajstić information content (AvgIpc) is 2.87. The molecule has 3 aromatic heterocycles. The Morgan fingerprint density at radius 1 is 1.35 bits per heavy atom. The molecule has 3 aromatic rings. The van der Waals surface area contributed by atoms with Gasteiger partial charge in [-0.15, -0.1) is 0 Å². The Labute approximate surface area is 107 Å². The standard InChI is InChI=1S/C13H11BrN2O/c1-8-6-10(14)7-16-9(2)12(15-13(8)16)11-4-3-5-17-11/h3-7H,1-2H3. The molecule has 86 valence electrons. The highest BCUT2D eigenvalue weighted by Crippen LogP contribution is 2.27. The van der Waals surface area contributed by atoms with E-state index in [0.29, 0.717) is 0 Å². The minimum atomic E-state index is 0.807. The van der Waals surface area contributed by atoms with Gasteiger partial charge in [0.1, 0.15) is 11.3 Å². The second-order valence-electron chi connectivity index (χ2n) is 4.06. The van der Waals surface area contributed by atoms with Crippen LogP contribution < -0.4 is 0 Å². The minimum Gasteiger partial charge on any atom is -0.463 e. The molecule has 0 aliphatic heterocycles. The van der Waals surface area contributed by atoms with Crippen LogP contribution in [0.25, 0.3) is 17.1 Å². The number of nitrogens with zero attached hydrogens (tertiary/aromatic N) is 2. The lowest BCUT2D eigenvalue weighted by Gasteiger charge is -2.00. The molecule has 0 saturated heterocycles. The van der Waals surface area contributed by atoms with E-state index >= 15 is 0 Å². The van der Waals surface area contributed by atoms with Crippen LogP contribution in [0.4, 0.5) is 0 Å². The second-order valence-corrected chi connectivity index (χ2v) is 4.97. The maximum atomic E-state index is 5.41. The number of aryl methyl sites for hydroxylation is 2. The third kappa shape index (κ3) is 1.60. The highest BCUT2D eigenvalue weighted by molar-refractivity contribution is 9.10. The zero-order valence-corrected chi connectivity index (χ0v) is 11.2. The van der Waals surface area contributed by atoms with E-state index in [-0.39, 0.29) is 0 Å². The Morgan fingerprint density at radius 2 is 2.18 bits per heavy atom. The molecule has 3 heterocycles. The lowest BCUT2D eigenvalue weighted by atomic mass is 10.3. The fourth-order valence-electron chi connectivity index (χ4n) is 2.03. The van der Waals surface area contributed by atoms with E-state index in [2.05, 4.69) is 38.3 Å². The number of imidazole rings is 1.